The molecule has 1 aliphatic carbocycles. The van der Waals surface area contributed by atoms with Gasteiger partial charge in [-0.2, -0.15) is 0 Å². The molecule has 1 amide bonds. The smallest absolute Gasteiger partial charge is 0.254 e. The Bertz CT molecular complexity index is 1180. The van der Waals surface area contributed by atoms with Crippen molar-refractivity contribution in [3.8, 4) is 0 Å². The number of hydrogen-bond donors (Lipinski definition) is 2. The molecule has 3 aromatic rings. The molecule has 2 unspecified atom stereocenters. The number of nitrogens with zero attached hydrogens (tertiary/aromatic N) is 3. The second kappa shape index (κ2) is 11.0. The molecular weight excluding hydrogens is 481 g/mol. The molecule has 6 nitrogen and oxygen atoms in total. The lowest BCUT2D eigenvalue weighted by Crippen LogP contribution is -2.41. The van der Waals surface area contributed by atoms with Crippen LogP contribution in [-0.4, -0.2) is 39.9 Å². The van der Waals surface area contributed by atoms with Gasteiger partial charge in [0.15, 0.2) is 0 Å². The van der Waals surface area contributed by atoms with Crippen LogP contribution in [0.25, 0.3) is 0 Å². The number of carbonyl (C=O) groups is 1. The van der Waals surface area contributed by atoms with Gasteiger partial charge in [-0.25, -0.2) is 0 Å². The normalized spacial score (nSPS) is 19.5. The molecule has 0 saturated carbocycles. The van der Waals surface area contributed by atoms with E-state index in [4.69, 9.17) is 28.2 Å². The number of hydrogen-bond acceptors (Lipinski definition) is 5. The lowest BCUT2D eigenvalue weighted by molar-refractivity contribution is 0.0951. The molecule has 2 aliphatic rings. The van der Waals surface area contributed by atoms with Gasteiger partial charge in [0.05, 0.1) is 27.3 Å². The van der Waals surface area contributed by atoms with Crippen LogP contribution in [0.3, 0.4) is 0 Å². The minimum atomic E-state index is -0.309. The summed E-state index contributed by atoms with van der Waals surface area (Å²) in [5.41, 5.74) is 5.13. The summed E-state index contributed by atoms with van der Waals surface area (Å²) in [6, 6.07) is 13.5. The lowest BCUT2D eigenvalue weighted by Gasteiger charge is -2.38. The zero-order valence-electron chi connectivity index (χ0n) is 19.5. The van der Waals surface area contributed by atoms with E-state index in [1.165, 1.54) is 35.6 Å². The molecule has 35 heavy (non-hydrogen) atoms. The highest BCUT2D eigenvalue weighted by Gasteiger charge is 2.33. The van der Waals surface area contributed by atoms with E-state index in [-0.39, 0.29) is 21.5 Å². The van der Waals surface area contributed by atoms with E-state index in [0.717, 1.165) is 44.5 Å². The molecule has 0 radical (unpaired) electrons. The fourth-order valence-corrected chi connectivity index (χ4v) is 5.81. The number of benzene rings is 1. The molecule has 8 heteroatoms. The van der Waals surface area contributed by atoms with Crippen molar-refractivity contribution in [3.05, 3.63) is 93.0 Å². The van der Waals surface area contributed by atoms with Crippen LogP contribution in [0, 0.1) is 0 Å². The number of pyridine rings is 2. The first-order chi connectivity index (χ1) is 17.1. The molecule has 1 aromatic carbocycles. The standard InChI is InChI=1S/C27H29Cl2N5O/c28-22-15-31-16-23(29)25(22)27(35)33-13-18-4-1-5-19(12-18)17-34(21-9-11-30-14-21)24-8-2-6-20-7-3-10-32-26(20)24/h1,3-5,7,10,12,15-16,21,24,30H,2,6,8-9,11,13-14,17H2,(H,33,35). The fraction of sp³-hybridized carbons (Fsp3) is 0.370. The predicted octanol–water partition coefficient (Wildman–Crippen LogP) is 4.95. The van der Waals surface area contributed by atoms with Gasteiger partial charge in [-0.3, -0.25) is 19.7 Å². The molecule has 2 atom stereocenters. The summed E-state index contributed by atoms with van der Waals surface area (Å²) >= 11 is 12.3. The number of aryl methyl sites for hydroxylation is 1. The van der Waals surface area contributed by atoms with Crippen LogP contribution in [0.2, 0.25) is 10.0 Å². The number of halogens is 2. The first kappa shape index (κ1) is 24.2. The molecule has 0 spiro atoms. The van der Waals surface area contributed by atoms with E-state index >= 15 is 0 Å². The quantitative estimate of drug-likeness (QED) is 0.471. The molecule has 3 heterocycles. The topological polar surface area (TPSA) is 70.2 Å². The highest BCUT2D eigenvalue weighted by molar-refractivity contribution is 6.39. The van der Waals surface area contributed by atoms with Crippen LogP contribution in [-0.2, 0) is 19.5 Å². The maximum atomic E-state index is 12.7. The van der Waals surface area contributed by atoms with Crippen LogP contribution in [0.5, 0.6) is 0 Å². The minimum absolute atomic E-state index is 0.242. The lowest BCUT2D eigenvalue weighted by atomic mass is 9.89. The largest absolute Gasteiger partial charge is 0.348 e. The Labute approximate surface area is 216 Å². The Kier molecular flexibility index (Phi) is 7.63. The van der Waals surface area contributed by atoms with Crippen LogP contribution >= 0.6 is 23.2 Å². The number of carbonyl (C=O) groups excluding carboxylic acids is 1. The van der Waals surface area contributed by atoms with Crippen LogP contribution in [0.15, 0.2) is 55.0 Å². The Morgan fingerprint density at radius 2 is 1.94 bits per heavy atom. The zero-order valence-corrected chi connectivity index (χ0v) is 21.0. The molecule has 1 aliphatic heterocycles. The van der Waals surface area contributed by atoms with Gasteiger partial charge in [-0.15, -0.1) is 0 Å². The van der Waals surface area contributed by atoms with Crippen molar-refractivity contribution in [3.63, 3.8) is 0 Å². The molecule has 1 fully saturated rings. The minimum Gasteiger partial charge on any atom is -0.348 e. The SMILES string of the molecule is O=C(NCc1cccc(CN(C2CCNC2)C2CCCc3cccnc32)c1)c1c(Cl)cncc1Cl. The summed E-state index contributed by atoms with van der Waals surface area (Å²) in [6.45, 7) is 3.29. The van der Waals surface area contributed by atoms with Crippen LogP contribution in [0.4, 0.5) is 0 Å². The monoisotopic (exact) mass is 509 g/mol. The van der Waals surface area contributed by atoms with Gasteiger partial charge in [-0.05, 0) is 55.0 Å². The fourth-order valence-electron chi connectivity index (χ4n) is 5.27. The molecular formula is C27H29Cl2N5O. The van der Waals surface area contributed by atoms with E-state index in [1.54, 1.807) is 0 Å². The molecule has 2 N–H and O–H groups in total. The van der Waals surface area contributed by atoms with Gasteiger partial charge in [0.1, 0.15) is 0 Å². The predicted molar refractivity (Wildman–Crippen MR) is 139 cm³/mol. The average molecular weight is 510 g/mol. The molecule has 1 saturated heterocycles. The number of amides is 1. The van der Waals surface area contributed by atoms with E-state index in [1.807, 2.05) is 18.3 Å². The van der Waals surface area contributed by atoms with Crippen molar-refractivity contribution in [1.82, 2.24) is 25.5 Å². The van der Waals surface area contributed by atoms with Crippen molar-refractivity contribution >= 4 is 29.1 Å². The zero-order chi connectivity index (χ0) is 24.2. The van der Waals surface area contributed by atoms with Crippen molar-refractivity contribution in [2.24, 2.45) is 0 Å². The van der Waals surface area contributed by atoms with Crippen LogP contribution in [0.1, 0.15) is 58.0 Å². The number of nitrogens with one attached hydrogen (secondary N) is 2. The van der Waals surface area contributed by atoms with Gasteiger partial charge >= 0.3 is 0 Å². The van der Waals surface area contributed by atoms with Crippen molar-refractivity contribution < 1.29 is 4.79 Å². The maximum Gasteiger partial charge on any atom is 0.254 e. The Balaban J connectivity index is 1.33. The number of aromatic nitrogens is 2. The molecule has 5 rings (SSSR count). The highest BCUT2D eigenvalue weighted by atomic mass is 35.5. The van der Waals surface area contributed by atoms with Gasteiger partial charge in [-0.1, -0.05) is 53.5 Å². The molecule has 0 bridgehead atoms. The Morgan fingerprint density at radius 3 is 2.74 bits per heavy atom. The van der Waals surface area contributed by atoms with Gasteiger partial charge in [0.25, 0.3) is 5.91 Å². The van der Waals surface area contributed by atoms with E-state index < -0.39 is 0 Å². The highest BCUT2D eigenvalue weighted by Crippen LogP contribution is 2.36. The van der Waals surface area contributed by atoms with Crippen molar-refractivity contribution in [2.45, 2.75) is 50.9 Å². The summed E-state index contributed by atoms with van der Waals surface area (Å²) in [6.07, 6.45) is 9.34. The molecule has 2 aromatic heterocycles. The Hall–Kier alpha value is -2.51. The van der Waals surface area contributed by atoms with Crippen LogP contribution < -0.4 is 10.6 Å². The third-order valence-electron chi connectivity index (χ3n) is 6.96. The average Bonchev–Trinajstić information content (AvgIpc) is 3.41. The summed E-state index contributed by atoms with van der Waals surface area (Å²) < 4.78 is 0. The van der Waals surface area contributed by atoms with E-state index in [9.17, 15) is 4.79 Å². The summed E-state index contributed by atoms with van der Waals surface area (Å²) in [7, 11) is 0. The van der Waals surface area contributed by atoms with Gasteiger partial charge in [0, 0.05) is 44.3 Å². The first-order valence-corrected chi connectivity index (χ1v) is 12.9. The summed E-state index contributed by atoms with van der Waals surface area (Å²) in [4.78, 5) is 24.0. The summed E-state index contributed by atoms with van der Waals surface area (Å²) in [5, 5.41) is 6.96. The second-order valence-electron chi connectivity index (χ2n) is 9.26. The third-order valence-corrected chi connectivity index (χ3v) is 7.53. The van der Waals surface area contributed by atoms with Crippen molar-refractivity contribution in [1.29, 1.82) is 0 Å². The second-order valence-corrected chi connectivity index (χ2v) is 10.1. The van der Waals surface area contributed by atoms with Gasteiger partial charge in [0.2, 0.25) is 0 Å². The summed E-state index contributed by atoms with van der Waals surface area (Å²) in [5.74, 6) is -0.309. The van der Waals surface area contributed by atoms with Crippen molar-refractivity contribution in [2.75, 3.05) is 13.1 Å². The molecule has 182 valence electrons. The third kappa shape index (κ3) is 5.51. The first-order valence-electron chi connectivity index (χ1n) is 12.2. The van der Waals surface area contributed by atoms with Gasteiger partial charge < -0.3 is 10.6 Å². The Morgan fingerprint density at radius 1 is 1.11 bits per heavy atom. The van der Waals surface area contributed by atoms with E-state index in [0.29, 0.717) is 18.6 Å². The maximum absolute atomic E-state index is 12.7. The number of fused-ring (bicyclic) bond motifs is 1. The number of rotatable bonds is 7. The van der Waals surface area contributed by atoms with E-state index in [2.05, 4.69) is 44.8 Å².